The summed E-state index contributed by atoms with van der Waals surface area (Å²) < 4.78 is 46.2. The predicted molar refractivity (Wildman–Crippen MR) is 107 cm³/mol. The number of methoxy groups -OCH3 is 1. The standard InChI is InChI=1S/C21H25FN2O4S/c1-15-9-10-18(22)12-20(15)29(26,27)24-11-5-7-17(14-24)21(25)23-13-16-6-3-4-8-19(16)28-2/h3-4,6,8-10,12,17H,5,7,11,13-14H2,1-2H3,(H,23,25). The summed E-state index contributed by atoms with van der Waals surface area (Å²) >= 11 is 0. The maximum atomic E-state index is 13.6. The minimum Gasteiger partial charge on any atom is -0.496 e. The molecule has 0 spiro atoms. The van der Waals surface area contributed by atoms with Crippen molar-refractivity contribution in [3.63, 3.8) is 0 Å². The van der Waals surface area contributed by atoms with Crippen LogP contribution in [0.1, 0.15) is 24.0 Å². The summed E-state index contributed by atoms with van der Waals surface area (Å²) in [6.07, 6.45) is 1.17. The van der Waals surface area contributed by atoms with Gasteiger partial charge in [-0.2, -0.15) is 4.31 Å². The van der Waals surface area contributed by atoms with Gasteiger partial charge in [-0.15, -0.1) is 0 Å². The number of nitrogens with one attached hydrogen (secondary N) is 1. The second kappa shape index (κ2) is 8.92. The Kier molecular flexibility index (Phi) is 6.54. The summed E-state index contributed by atoms with van der Waals surface area (Å²) in [6.45, 7) is 2.33. The number of para-hydroxylation sites is 1. The highest BCUT2D eigenvalue weighted by Gasteiger charge is 2.34. The number of carbonyl (C=O) groups is 1. The van der Waals surface area contributed by atoms with Crippen LogP contribution in [0.4, 0.5) is 4.39 Å². The van der Waals surface area contributed by atoms with E-state index in [0.29, 0.717) is 37.2 Å². The summed E-state index contributed by atoms with van der Waals surface area (Å²) in [5.74, 6) is -0.576. The molecular formula is C21H25FN2O4S. The van der Waals surface area contributed by atoms with Gasteiger partial charge in [0.15, 0.2) is 0 Å². The molecule has 2 aromatic carbocycles. The zero-order valence-corrected chi connectivity index (χ0v) is 17.3. The van der Waals surface area contributed by atoms with E-state index in [-0.39, 0.29) is 17.3 Å². The lowest BCUT2D eigenvalue weighted by molar-refractivity contribution is -0.126. The van der Waals surface area contributed by atoms with Crippen molar-refractivity contribution < 1.29 is 22.3 Å². The lowest BCUT2D eigenvalue weighted by Gasteiger charge is -2.31. The normalized spacial score (nSPS) is 17.7. The number of carbonyl (C=O) groups excluding carboxylic acids is 1. The molecule has 1 saturated heterocycles. The fraction of sp³-hybridized carbons (Fsp3) is 0.381. The van der Waals surface area contributed by atoms with Crippen molar-refractivity contribution in [1.29, 1.82) is 0 Å². The third kappa shape index (κ3) is 4.76. The fourth-order valence-electron chi connectivity index (χ4n) is 3.54. The van der Waals surface area contributed by atoms with Crippen LogP contribution < -0.4 is 10.1 Å². The van der Waals surface area contributed by atoms with Crippen molar-refractivity contribution in [2.75, 3.05) is 20.2 Å². The number of benzene rings is 2. The summed E-state index contributed by atoms with van der Waals surface area (Å²) in [7, 11) is -2.30. The minimum atomic E-state index is -3.87. The van der Waals surface area contributed by atoms with Gasteiger partial charge in [0.25, 0.3) is 0 Å². The van der Waals surface area contributed by atoms with Crippen molar-refractivity contribution in [2.45, 2.75) is 31.2 Å². The van der Waals surface area contributed by atoms with Gasteiger partial charge in [0.05, 0.1) is 17.9 Å². The molecule has 3 rings (SSSR count). The van der Waals surface area contributed by atoms with E-state index in [0.717, 1.165) is 11.6 Å². The highest BCUT2D eigenvalue weighted by molar-refractivity contribution is 7.89. The first-order chi connectivity index (χ1) is 13.8. The quantitative estimate of drug-likeness (QED) is 0.780. The topological polar surface area (TPSA) is 75.7 Å². The van der Waals surface area contributed by atoms with Crippen LogP contribution in [0.25, 0.3) is 0 Å². The Bertz CT molecular complexity index is 994. The minimum absolute atomic E-state index is 0.0485. The van der Waals surface area contributed by atoms with Gasteiger partial charge in [-0.05, 0) is 43.5 Å². The summed E-state index contributed by atoms with van der Waals surface area (Å²) in [6, 6.07) is 11.1. The summed E-state index contributed by atoms with van der Waals surface area (Å²) in [4.78, 5) is 12.6. The Balaban J connectivity index is 1.70. The predicted octanol–water partition coefficient (Wildman–Crippen LogP) is 2.86. The van der Waals surface area contributed by atoms with E-state index in [1.165, 1.54) is 16.4 Å². The van der Waals surface area contributed by atoms with E-state index in [1.807, 2.05) is 24.3 Å². The van der Waals surface area contributed by atoms with Crippen molar-refractivity contribution in [1.82, 2.24) is 9.62 Å². The monoisotopic (exact) mass is 420 g/mol. The average Bonchev–Trinajstić information content (AvgIpc) is 2.73. The van der Waals surface area contributed by atoms with E-state index in [9.17, 15) is 17.6 Å². The number of halogens is 1. The van der Waals surface area contributed by atoms with Crippen LogP contribution in [0.15, 0.2) is 47.4 Å². The van der Waals surface area contributed by atoms with Crippen LogP contribution in [0.5, 0.6) is 5.75 Å². The Labute approximate surface area is 170 Å². The molecule has 1 aliphatic rings. The second-order valence-corrected chi connectivity index (χ2v) is 9.05. The SMILES string of the molecule is COc1ccccc1CNC(=O)C1CCCN(S(=O)(=O)c2cc(F)ccc2C)C1. The smallest absolute Gasteiger partial charge is 0.243 e. The Morgan fingerprint density at radius 1 is 1.28 bits per heavy atom. The third-order valence-electron chi connectivity index (χ3n) is 5.17. The number of hydrogen-bond donors (Lipinski definition) is 1. The first-order valence-corrected chi connectivity index (χ1v) is 10.9. The van der Waals surface area contributed by atoms with Crippen LogP contribution >= 0.6 is 0 Å². The lowest BCUT2D eigenvalue weighted by Crippen LogP contribution is -2.45. The molecule has 1 unspecified atom stereocenters. The largest absolute Gasteiger partial charge is 0.496 e. The van der Waals surface area contributed by atoms with Gasteiger partial charge in [0.1, 0.15) is 11.6 Å². The highest BCUT2D eigenvalue weighted by atomic mass is 32.2. The first kappa shape index (κ1) is 21.3. The van der Waals surface area contributed by atoms with Crippen molar-refractivity contribution >= 4 is 15.9 Å². The summed E-state index contributed by atoms with van der Waals surface area (Å²) in [5, 5.41) is 2.88. The van der Waals surface area contributed by atoms with Crippen LogP contribution in [0.3, 0.4) is 0 Å². The molecule has 2 aromatic rings. The first-order valence-electron chi connectivity index (χ1n) is 9.49. The molecule has 8 heteroatoms. The molecule has 1 N–H and O–H groups in total. The van der Waals surface area contributed by atoms with Gasteiger partial charge in [-0.1, -0.05) is 24.3 Å². The lowest BCUT2D eigenvalue weighted by atomic mass is 9.98. The molecule has 1 amide bonds. The van der Waals surface area contributed by atoms with Crippen molar-refractivity contribution in [3.8, 4) is 5.75 Å². The number of nitrogens with zero attached hydrogens (tertiary/aromatic N) is 1. The number of sulfonamides is 1. The zero-order chi connectivity index (χ0) is 21.0. The number of amides is 1. The second-order valence-electron chi connectivity index (χ2n) is 7.14. The van der Waals surface area contributed by atoms with Gasteiger partial charge in [-0.25, -0.2) is 12.8 Å². The van der Waals surface area contributed by atoms with E-state index in [2.05, 4.69) is 5.32 Å². The summed E-state index contributed by atoms with van der Waals surface area (Å²) in [5.41, 5.74) is 1.33. The Morgan fingerprint density at radius 2 is 2.03 bits per heavy atom. The average molecular weight is 421 g/mol. The van der Waals surface area contributed by atoms with E-state index < -0.39 is 21.8 Å². The molecule has 0 aromatic heterocycles. The van der Waals surface area contributed by atoms with E-state index in [4.69, 9.17) is 4.74 Å². The Hall–Kier alpha value is -2.45. The third-order valence-corrected chi connectivity index (χ3v) is 7.18. The number of rotatable bonds is 6. The molecule has 1 fully saturated rings. The fourth-order valence-corrected chi connectivity index (χ4v) is 5.30. The molecule has 0 aliphatic carbocycles. The van der Waals surface area contributed by atoms with Gasteiger partial charge in [-0.3, -0.25) is 4.79 Å². The Morgan fingerprint density at radius 3 is 2.79 bits per heavy atom. The molecule has 0 saturated carbocycles. The van der Waals surface area contributed by atoms with E-state index >= 15 is 0 Å². The molecule has 0 radical (unpaired) electrons. The number of hydrogen-bond acceptors (Lipinski definition) is 4. The molecule has 0 bridgehead atoms. The maximum Gasteiger partial charge on any atom is 0.243 e. The molecule has 29 heavy (non-hydrogen) atoms. The van der Waals surface area contributed by atoms with Gasteiger partial charge in [0.2, 0.25) is 15.9 Å². The van der Waals surface area contributed by atoms with Gasteiger partial charge >= 0.3 is 0 Å². The van der Waals surface area contributed by atoms with Crippen LogP contribution in [-0.4, -0.2) is 38.8 Å². The van der Waals surface area contributed by atoms with E-state index in [1.54, 1.807) is 14.0 Å². The number of ether oxygens (including phenoxy) is 1. The molecule has 1 atom stereocenters. The van der Waals surface area contributed by atoms with Gasteiger partial charge in [0, 0.05) is 25.2 Å². The van der Waals surface area contributed by atoms with Crippen LogP contribution in [-0.2, 0) is 21.4 Å². The molecule has 1 aliphatic heterocycles. The molecular weight excluding hydrogens is 395 g/mol. The number of aryl methyl sites for hydroxylation is 1. The van der Waals surface area contributed by atoms with Gasteiger partial charge < -0.3 is 10.1 Å². The van der Waals surface area contributed by atoms with Crippen molar-refractivity contribution in [3.05, 3.63) is 59.4 Å². The molecule has 6 nitrogen and oxygen atoms in total. The number of piperidine rings is 1. The zero-order valence-electron chi connectivity index (χ0n) is 16.5. The van der Waals surface area contributed by atoms with Crippen molar-refractivity contribution in [2.24, 2.45) is 5.92 Å². The molecule has 1 heterocycles. The maximum absolute atomic E-state index is 13.6. The van der Waals surface area contributed by atoms with Crippen LogP contribution in [0.2, 0.25) is 0 Å². The highest BCUT2D eigenvalue weighted by Crippen LogP contribution is 2.26. The molecule has 156 valence electrons. The van der Waals surface area contributed by atoms with Crippen LogP contribution in [0, 0.1) is 18.7 Å².